The van der Waals surface area contributed by atoms with Crippen LogP contribution in [0.1, 0.15) is 0 Å². The lowest BCUT2D eigenvalue weighted by atomic mass is 10.3. The smallest absolute Gasteiger partial charge is 0.130 e. The largest absolute Gasteiger partial charge is 0.397 e. The predicted molar refractivity (Wildman–Crippen MR) is 67.9 cm³/mol. The highest BCUT2D eigenvalue weighted by molar-refractivity contribution is 5.60. The summed E-state index contributed by atoms with van der Waals surface area (Å²) in [7, 11) is 1.89. The minimum Gasteiger partial charge on any atom is -0.397 e. The first-order valence-electron chi connectivity index (χ1n) is 5.04. The molecule has 1 aromatic carbocycles. The van der Waals surface area contributed by atoms with Gasteiger partial charge < -0.3 is 16.4 Å². The third-order valence-electron chi connectivity index (χ3n) is 2.23. The van der Waals surface area contributed by atoms with E-state index in [1.54, 1.807) is 6.20 Å². The van der Waals surface area contributed by atoms with Crippen LogP contribution in [0.5, 0.6) is 0 Å². The zero-order valence-corrected chi connectivity index (χ0v) is 9.07. The van der Waals surface area contributed by atoms with Crippen LogP contribution in [0.2, 0.25) is 0 Å². The van der Waals surface area contributed by atoms with Crippen LogP contribution >= 0.6 is 0 Å². The molecule has 0 saturated heterocycles. The Labute approximate surface area is 94.5 Å². The fraction of sp³-hybridized carbons (Fsp3) is 0.0833. The molecule has 0 spiro atoms. The van der Waals surface area contributed by atoms with Crippen molar-refractivity contribution in [2.75, 3.05) is 23.4 Å². The van der Waals surface area contributed by atoms with E-state index >= 15 is 0 Å². The lowest BCUT2D eigenvalue weighted by molar-refractivity contribution is 1.31. The standard InChI is InChI=1S/C12H14N4/c1-14-10-3-5-11(6-4-10)16-12-7-2-9(13)8-15-12/h2-8,14H,13H2,1H3,(H,15,16). The van der Waals surface area contributed by atoms with Gasteiger partial charge in [-0.3, -0.25) is 0 Å². The monoisotopic (exact) mass is 214 g/mol. The van der Waals surface area contributed by atoms with Crippen molar-refractivity contribution in [1.82, 2.24) is 4.98 Å². The molecule has 0 unspecified atom stereocenters. The molecule has 0 radical (unpaired) electrons. The Morgan fingerprint density at radius 1 is 1.00 bits per heavy atom. The van der Waals surface area contributed by atoms with E-state index in [1.807, 2.05) is 43.4 Å². The Morgan fingerprint density at radius 3 is 2.25 bits per heavy atom. The van der Waals surface area contributed by atoms with Gasteiger partial charge in [0.1, 0.15) is 5.82 Å². The van der Waals surface area contributed by atoms with Crippen LogP contribution < -0.4 is 16.4 Å². The van der Waals surface area contributed by atoms with Crippen molar-refractivity contribution >= 4 is 22.9 Å². The van der Waals surface area contributed by atoms with E-state index in [-0.39, 0.29) is 0 Å². The molecule has 16 heavy (non-hydrogen) atoms. The second-order valence-corrected chi connectivity index (χ2v) is 3.43. The second kappa shape index (κ2) is 4.53. The summed E-state index contributed by atoms with van der Waals surface area (Å²) in [6.07, 6.45) is 1.63. The van der Waals surface area contributed by atoms with Crippen molar-refractivity contribution in [3.05, 3.63) is 42.6 Å². The highest BCUT2D eigenvalue weighted by Gasteiger charge is 1.95. The number of pyridine rings is 1. The number of hydrogen-bond acceptors (Lipinski definition) is 4. The third-order valence-corrected chi connectivity index (χ3v) is 2.23. The lowest BCUT2D eigenvalue weighted by Gasteiger charge is -2.06. The number of nitrogen functional groups attached to an aromatic ring is 1. The van der Waals surface area contributed by atoms with Crippen LogP contribution in [0.25, 0.3) is 0 Å². The van der Waals surface area contributed by atoms with Gasteiger partial charge in [0.05, 0.1) is 11.9 Å². The summed E-state index contributed by atoms with van der Waals surface area (Å²) in [4.78, 5) is 4.16. The Morgan fingerprint density at radius 2 is 1.69 bits per heavy atom. The number of rotatable bonds is 3. The summed E-state index contributed by atoms with van der Waals surface area (Å²) < 4.78 is 0. The predicted octanol–water partition coefficient (Wildman–Crippen LogP) is 2.45. The topological polar surface area (TPSA) is 63.0 Å². The molecule has 0 aliphatic heterocycles. The summed E-state index contributed by atoms with van der Waals surface area (Å²) in [5, 5.41) is 6.25. The molecule has 1 aromatic heterocycles. The number of hydrogen-bond donors (Lipinski definition) is 3. The number of nitrogens with zero attached hydrogens (tertiary/aromatic N) is 1. The number of anilines is 4. The molecule has 82 valence electrons. The summed E-state index contributed by atoms with van der Waals surface area (Å²) >= 11 is 0. The number of nitrogens with two attached hydrogens (primary N) is 1. The number of benzene rings is 1. The molecule has 4 N–H and O–H groups in total. The molecule has 0 atom stereocenters. The van der Waals surface area contributed by atoms with E-state index in [2.05, 4.69) is 15.6 Å². The van der Waals surface area contributed by atoms with Gasteiger partial charge in [0.15, 0.2) is 0 Å². The van der Waals surface area contributed by atoms with Gasteiger partial charge >= 0.3 is 0 Å². The molecular weight excluding hydrogens is 200 g/mol. The minimum atomic E-state index is 0.663. The molecule has 4 heteroatoms. The first-order valence-corrected chi connectivity index (χ1v) is 5.04. The lowest BCUT2D eigenvalue weighted by Crippen LogP contribution is -1.95. The van der Waals surface area contributed by atoms with Crippen LogP contribution in [0, 0.1) is 0 Å². The fourth-order valence-electron chi connectivity index (χ4n) is 1.35. The highest BCUT2D eigenvalue weighted by atomic mass is 15.0. The van der Waals surface area contributed by atoms with Gasteiger partial charge in [-0.15, -0.1) is 0 Å². The molecule has 0 bridgehead atoms. The van der Waals surface area contributed by atoms with E-state index in [0.717, 1.165) is 17.2 Å². The molecule has 4 nitrogen and oxygen atoms in total. The van der Waals surface area contributed by atoms with Crippen LogP contribution in [0.15, 0.2) is 42.6 Å². The highest BCUT2D eigenvalue weighted by Crippen LogP contribution is 2.17. The molecule has 1 heterocycles. The van der Waals surface area contributed by atoms with Gasteiger partial charge in [0, 0.05) is 18.4 Å². The maximum atomic E-state index is 5.56. The molecule has 0 fully saturated rings. The van der Waals surface area contributed by atoms with Gasteiger partial charge in [0.25, 0.3) is 0 Å². The maximum absolute atomic E-state index is 5.56. The Bertz CT molecular complexity index is 447. The number of nitrogens with one attached hydrogen (secondary N) is 2. The Kier molecular flexibility index (Phi) is 2.91. The average Bonchev–Trinajstić information content (AvgIpc) is 2.33. The van der Waals surface area contributed by atoms with E-state index in [9.17, 15) is 0 Å². The Hall–Kier alpha value is -2.23. The summed E-state index contributed by atoms with van der Waals surface area (Å²) in [5.74, 6) is 0.784. The molecule has 2 rings (SSSR count). The fourth-order valence-corrected chi connectivity index (χ4v) is 1.35. The second-order valence-electron chi connectivity index (χ2n) is 3.43. The molecule has 0 saturated carbocycles. The molecule has 0 aliphatic carbocycles. The van der Waals surface area contributed by atoms with Gasteiger partial charge in [0.2, 0.25) is 0 Å². The van der Waals surface area contributed by atoms with Crippen LogP contribution in [-0.2, 0) is 0 Å². The molecule has 0 aliphatic rings. The van der Waals surface area contributed by atoms with Crippen molar-refractivity contribution in [2.45, 2.75) is 0 Å². The van der Waals surface area contributed by atoms with Crippen molar-refractivity contribution < 1.29 is 0 Å². The Balaban J connectivity index is 2.11. The van der Waals surface area contributed by atoms with Crippen LogP contribution in [0.4, 0.5) is 22.9 Å². The van der Waals surface area contributed by atoms with Crippen LogP contribution in [0.3, 0.4) is 0 Å². The van der Waals surface area contributed by atoms with Crippen molar-refractivity contribution in [2.24, 2.45) is 0 Å². The normalized spacial score (nSPS) is 9.81. The van der Waals surface area contributed by atoms with Crippen molar-refractivity contribution in [1.29, 1.82) is 0 Å². The average molecular weight is 214 g/mol. The van der Waals surface area contributed by atoms with Gasteiger partial charge in [-0.2, -0.15) is 0 Å². The minimum absolute atomic E-state index is 0.663. The quantitative estimate of drug-likeness (QED) is 0.734. The van der Waals surface area contributed by atoms with Crippen LogP contribution in [-0.4, -0.2) is 12.0 Å². The molecular formula is C12H14N4. The molecule has 0 amide bonds. The van der Waals surface area contributed by atoms with E-state index < -0.39 is 0 Å². The van der Waals surface area contributed by atoms with Gasteiger partial charge in [-0.25, -0.2) is 4.98 Å². The first-order chi connectivity index (χ1) is 7.78. The SMILES string of the molecule is CNc1ccc(Nc2ccc(N)cn2)cc1. The van der Waals surface area contributed by atoms with E-state index in [0.29, 0.717) is 5.69 Å². The van der Waals surface area contributed by atoms with Gasteiger partial charge in [-0.05, 0) is 36.4 Å². The maximum Gasteiger partial charge on any atom is 0.130 e. The third kappa shape index (κ3) is 2.42. The van der Waals surface area contributed by atoms with Crippen molar-refractivity contribution in [3.8, 4) is 0 Å². The van der Waals surface area contributed by atoms with E-state index in [1.165, 1.54) is 0 Å². The zero-order valence-electron chi connectivity index (χ0n) is 9.07. The van der Waals surface area contributed by atoms with E-state index in [4.69, 9.17) is 5.73 Å². The number of aromatic nitrogens is 1. The first kappa shape index (κ1) is 10.3. The summed E-state index contributed by atoms with van der Waals surface area (Å²) in [6, 6.07) is 11.6. The zero-order chi connectivity index (χ0) is 11.4. The summed E-state index contributed by atoms with van der Waals surface area (Å²) in [5.41, 5.74) is 8.30. The summed E-state index contributed by atoms with van der Waals surface area (Å²) in [6.45, 7) is 0. The van der Waals surface area contributed by atoms with Gasteiger partial charge in [-0.1, -0.05) is 0 Å². The molecule has 2 aromatic rings. The van der Waals surface area contributed by atoms with Crippen molar-refractivity contribution in [3.63, 3.8) is 0 Å².